The van der Waals surface area contributed by atoms with Gasteiger partial charge in [0.15, 0.2) is 17.4 Å². The lowest BCUT2D eigenvalue weighted by atomic mass is 10.1. The molecule has 0 aliphatic carbocycles. The Hall–Kier alpha value is -0.960. The minimum atomic E-state index is -0.686. The maximum Gasteiger partial charge on any atom is 0.172 e. The van der Waals surface area contributed by atoms with E-state index in [1.807, 2.05) is 58.0 Å². The predicted octanol–water partition coefficient (Wildman–Crippen LogP) is 3.00. The Kier molecular flexibility index (Phi) is 5.12. The molecular formula is C20H26O6S. The standard InChI is InChI=1S/C20H26O6S/c1-19(2)22-10-14(24-19)15-16-17(26-20(3,4)25-16)18(23-15)27-11-13(21)12-8-6-5-7-9-12/h5-9,14-18H,10-11H2,1-4H3/t14?,15-,16+,17+,18-/m1/s1. The highest BCUT2D eigenvalue weighted by molar-refractivity contribution is 8.00. The fourth-order valence-corrected chi connectivity index (χ4v) is 4.86. The van der Waals surface area contributed by atoms with Crippen LogP contribution in [0.4, 0.5) is 0 Å². The van der Waals surface area contributed by atoms with Crippen LogP contribution in [0.1, 0.15) is 38.1 Å². The Labute approximate surface area is 163 Å². The van der Waals surface area contributed by atoms with Crippen LogP contribution >= 0.6 is 11.8 Å². The van der Waals surface area contributed by atoms with Crippen molar-refractivity contribution in [1.82, 2.24) is 0 Å². The van der Waals surface area contributed by atoms with Crippen LogP contribution in [-0.4, -0.2) is 59.6 Å². The molecule has 3 aliphatic heterocycles. The van der Waals surface area contributed by atoms with Crippen molar-refractivity contribution in [3.63, 3.8) is 0 Å². The number of hydrogen-bond acceptors (Lipinski definition) is 7. The molecule has 5 atom stereocenters. The highest BCUT2D eigenvalue weighted by atomic mass is 32.2. The average molecular weight is 394 g/mol. The maximum absolute atomic E-state index is 12.5. The summed E-state index contributed by atoms with van der Waals surface area (Å²) in [5.41, 5.74) is 0.413. The second-order valence-corrected chi connectivity index (χ2v) is 9.09. The van der Waals surface area contributed by atoms with Crippen LogP contribution in [0.5, 0.6) is 0 Å². The molecule has 0 saturated carbocycles. The lowest BCUT2D eigenvalue weighted by Crippen LogP contribution is -2.40. The van der Waals surface area contributed by atoms with Gasteiger partial charge in [-0.15, -0.1) is 11.8 Å². The lowest BCUT2D eigenvalue weighted by molar-refractivity contribution is -0.198. The molecule has 3 heterocycles. The Bertz CT molecular complexity index is 691. The first-order valence-electron chi connectivity index (χ1n) is 9.27. The monoisotopic (exact) mass is 394 g/mol. The van der Waals surface area contributed by atoms with Crippen LogP contribution in [0.2, 0.25) is 0 Å². The molecule has 1 aromatic carbocycles. The lowest BCUT2D eigenvalue weighted by Gasteiger charge is -2.26. The summed E-state index contributed by atoms with van der Waals surface area (Å²) in [5.74, 6) is -0.923. The summed E-state index contributed by atoms with van der Waals surface area (Å²) in [7, 11) is 0. The molecule has 4 rings (SSSR count). The van der Waals surface area contributed by atoms with Crippen molar-refractivity contribution >= 4 is 17.5 Å². The molecule has 0 N–H and O–H groups in total. The zero-order chi connectivity index (χ0) is 19.2. The van der Waals surface area contributed by atoms with Crippen molar-refractivity contribution < 1.29 is 28.5 Å². The number of Topliss-reactive ketones (excluding diaryl/α,β-unsaturated/α-hetero) is 1. The quantitative estimate of drug-likeness (QED) is 0.712. The molecule has 3 aliphatic rings. The van der Waals surface area contributed by atoms with Crippen LogP contribution < -0.4 is 0 Å². The normalized spacial score (nSPS) is 36.7. The molecule has 1 aromatic rings. The minimum Gasteiger partial charge on any atom is -0.356 e. The van der Waals surface area contributed by atoms with Crippen molar-refractivity contribution in [3.8, 4) is 0 Å². The second-order valence-electron chi connectivity index (χ2n) is 8.00. The zero-order valence-electron chi connectivity index (χ0n) is 16.0. The molecule has 0 spiro atoms. The van der Waals surface area contributed by atoms with E-state index in [4.69, 9.17) is 23.7 Å². The van der Waals surface area contributed by atoms with E-state index in [0.29, 0.717) is 17.9 Å². The van der Waals surface area contributed by atoms with Crippen molar-refractivity contribution in [1.29, 1.82) is 0 Å². The molecule has 1 unspecified atom stereocenters. The molecule has 27 heavy (non-hydrogen) atoms. The first-order chi connectivity index (χ1) is 12.7. The van der Waals surface area contributed by atoms with E-state index in [1.54, 1.807) is 0 Å². The van der Waals surface area contributed by atoms with Crippen molar-refractivity contribution in [2.45, 2.75) is 69.1 Å². The molecule has 3 fully saturated rings. The van der Waals surface area contributed by atoms with Gasteiger partial charge in [-0.25, -0.2) is 0 Å². The Balaban J connectivity index is 1.44. The molecule has 7 heteroatoms. The van der Waals surface area contributed by atoms with Gasteiger partial charge < -0.3 is 23.7 Å². The van der Waals surface area contributed by atoms with Gasteiger partial charge in [0.05, 0.1) is 12.4 Å². The summed E-state index contributed by atoms with van der Waals surface area (Å²) < 4.78 is 30.1. The summed E-state index contributed by atoms with van der Waals surface area (Å²) in [6.07, 6.45) is -0.999. The Morgan fingerprint density at radius 2 is 1.70 bits per heavy atom. The van der Waals surface area contributed by atoms with Gasteiger partial charge in [0.25, 0.3) is 0 Å². The van der Waals surface area contributed by atoms with Gasteiger partial charge in [0.1, 0.15) is 29.9 Å². The topological polar surface area (TPSA) is 63.2 Å². The number of hydrogen-bond donors (Lipinski definition) is 0. The summed E-state index contributed by atoms with van der Waals surface area (Å²) in [4.78, 5) is 12.5. The van der Waals surface area contributed by atoms with E-state index in [-0.39, 0.29) is 35.6 Å². The number of thioether (sulfide) groups is 1. The number of ether oxygens (including phenoxy) is 5. The molecular weight excluding hydrogens is 368 g/mol. The largest absolute Gasteiger partial charge is 0.356 e. The van der Waals surface area contributed by atoms with E-state index in [9.17, 15) is 4.79 Å². The molecule has 6 nitrogen and oxygen atoms in total. The zero-order valence-corrected chi connectivity index (χ0v) is 16.9. The molecule has 0 bridgehead atoms. The van der Waals surface area contributed by atoms with Gasteiger partial charge in [-0.05, 0) is 27.7 Å². The van der Waals surface area contributed by atoms with Gasteiger partial charge in [0, 0.05) is 5.56 Å². The van der Waals surface area contributed by atoms with Crippen LogP contribution in [0.25, 0.3) is 0 Å². The van der Waals surface area contributed by atoms with Crippen LogP contribution in [0, 0.1) is 0 Å². The smallest absolute Gasteiger partial charge is 0.172 e. The van der Waals surface area contributed by atoms with Gasteiger partial charge in [-0.2, -0.15) is 0 Å². The minimum absolute atomic E-state index is 0.0731. The number of benzene rings is 1. The van der Waals surface area contributed by atoms with E-state index in [2.05, 4.69) is 0 Å². The van der Waals surface area contributed by atoms with Gasteiger partial charge in [-0.3, -0.25) is 4.79 Å². The van der Waals surface area contributed by atoms with Gasteiger partial charge in [-0.1, -0.05) is 30.3 Å². The van der Waals surface area contributed by atoms with E-state index < -0.39 is 11.6 Å². The Morgan fingerprint density at radius 1 is 1.00 bits per heavy atom. The first-order valence-corrected chi connectivity index (χ1v) is 10.3. The predicted molar refractivity (Wildman–Crippen MR) is 101 cm³/mol. The second kappa shape index (κ2) is 7.13. The van der Waals surface area contributed by atoms with Gasteiger partial charge in [0.2, 0.25) is 0 Å². The summed E-state index contributed by atoms with van der Waals surface area (Å²) in [6, 6.07) is 9.29. The fourth-order valence-electron chi connectivity index (χ4n) is 3.77. The third-order valence-corrected chi connectivity index (χ3v) is 6.05. The SMILES string of the molecule is CC1(C)OCC([C@H]2O[C@H](SCC(=O)c3ccccc3)[C@H]3OC(C)(C)O[C@H]32)O1. The molecule has 148 valence electrons. The number of carbonyl (C=O) groups excluding carboxylic acids is 1. The molecule has 0 radical (unpaired) electrons. The summed E-state index contributed by atoms with van der Waals surface area (Å²) in [6.45, 7) is 8.02. The van der Waals surface area contributed by atoms with Crippen molar-refractivity contribution in [2.24, 2.45) is 0 Å². The third-order valence-electron chi connectivity index (χ3n) is 4.92. The summed E-state index contributed by atoms with van der Waals surface area (Å²) in [5, 5.41) is 0. The molecule has 0 amide bonds. The number of rotatable bonds is 5. The molecule has 3 saturated heterocycles. The summed E-state index contributed by atoms with van der Waals surface area (Å²) >= 11 is 1.45. The van der Waals surface area contributed by atoms with E-state index >= 15 is 0 Å². The van der Waals surface area contributed by atoms with Crippen molar-refractivity contribution in [2.75, 3.05) is 12.4 Å². The average Bonchev–Trinajstić information content (AvgIpc) is 3.23. The molecule has 0 aromatic heterocycles. The number of carbonyl (C=O) groups is 1. The number of fused-ring (bicyclic) bond motifs is 1. The third kappa shape index (κ3) is 4.09. The van der Waals surface area contributed by atoms with Crippen LogP contribution in [0.15, 0.2) is 30.3 Å². The first kappa shape index (κ1) is 19.4. The van der Waals surface area contributed by atoms with Gasteiger partial charge >= 0.3 is 0 Å². The Morgan fingerprint density at radius 3 is 2.37 bits per heavy atom. The number of ketones is 1. The highest BCUT2D eigenvalue weighted by Gasteiger charge is 2.59. The highest BCUT2D eigenvalue weighted by Crippen LogP contribution is 2.45. The fraction of sp³-hybridized carbons (Fsp3) is 0.650. The maximum atomic E-state index is 12.5. The van der Waals surface area contributed by atoms with Crippen LogP contribution in [-0.2, 0) is 23.7 Å². The van der Waals surface area contributed by atoms with Crippen molar-refractivity contribution in [3.05, 3.63) is 35.9 Å². The van der Waals surface area contributed by atoms with E-state index in [0.717, 1.165) is 0 Å². The van der Waals surface area contributed by atoms with Crippen LogP contribution in [0.3, 0.4) is 0 Å². The van der Waals surface area contributed by atoms with E-state index in [1.165, 1.54) is 11.8 Å².